The van der Waals surface area contributed by atoms with Gasteiger partial charge in [-0.2, -0.15) is 0 Å². The summed E-state index contributed by atoms with van der Waals surface area (Å²) in [6.07, 6.45) is 0.800. The van der Waals surface area contributed by atoms with Crippen molar-refractivity contribution in [1.82, 2.24) is 25.5 Å². The van der Waals surface area contributed by atoms with Gasteiger partial charge in [-0.05, 0) is 56.7 Å². The summed E-state index contributed by atoms with van der Waals surface area (Å²) in [5, 5.41) is 14.2. The zero-order chi connectivity index (χ0) is 25.1. The third-order valence-electron chi connectivity index (χ3n) is 6.36. The Morgan fingerprint density at radius 1 is 1.14 bits per heavy atom. The molecule has 3 aromatic rings. The Bertz CT molecular complexity index is 1220. The lowest BCUT2D eigenvalue weighted by atomic mass is 10.0. The molecule has 2 aliphatic rings. The van der Waals surface area contributed by atoms with E-state index < -0.39 is 0 Å². The van der Waals surface area contributed by atoms with Crippen LogP contribution in [-0.4, -0.2) is 65.1 Å². The molecule has 2 N–H and O–H groups in total. The number of hydrogen-bond donors (Lipinski definition) is 2. The van der Waals surface area contributed by atoms with Crippen LogP contribution in [0.2, 0.25) is 5.15 Å². The molecule has 0 aliphatic carbocycles. The Kier molecular flexibility index (Phi) is 7.15. The van der Waals surface area contributed by atoms with Gasteiger partial charge in [0.2, 0.25) is 0 Å². The normalized spacial score (nSPS) is 17.5. The molecule has 11 heteroatoms. The van der Waals surface area contributed by atoms with Crippen molar-refractivity contribution in [3.63, 3.8) is 0 Å². The topological polar surface area (TPSA) is 108 Å². The molecule has 2 aromatic heterocycles. The Morgan fingerprint density at radius 3 is 2.69 bits per heavy atom. The van der Waals surface area contributed by atoms with Crippen molar-refractivity contribution >= 4 is 35.0 Å². The van der Waals surface area contributed by atoms with Crippen molar-refractivity contribution in [2.45, 2.75) is 32.9 Å². The highest BCUT2D eigenvalue weighted by Gasteiger charge is 2.29. The molecular weight excluding hydrogens is 480 g/mol. The Balaban J connectivity index is 1.49. The lowest BCUT2D eigenvalue weighted by Crippen LogP contribution is -2.45. The molecule has 2 aliphatic heterocycles. The number of carbonyl (C=O) groups is 1. The molecule has 0 saturated carbocycles. The van der Waals surface area contributed by atoms with Gasteiger partial charge in [-0.1, -0.05) is 11.6 Å². The van der Waals surface area contributed by atoms with Gasteiger partial charge in [-0.25, -0.2) is 14.8 Å². The van der Waals surface area contributed by atoms with Crippen LogP contribution < -0.4 is 20.4 Å². The zero-order valence-electron chi connectivity index (χ0n) is 20.4. The number of nitrogens with zero attached hydrogens (tertiary/aromatic N) is 6. The number of halogens is 1. The summed E-state index contributed by atoms with van der Waals surface area (Å²) in [7, 11) is 0. The van der Waals surface area contributed by atoms with E-state index in [0.717, 1.165) is 42.4 Å². The van der Waals surface area contributed by atoms with Crippen LogP contribution in [0.25, 0.3) is 11.4 Å². The monoisotopic (exact) mass is 508 g/mol. The molecule has 1 atom stereocenters. The highest BCUT2D eigenvalue weighted by molar-refractivity contribution is 6.29. The average molecular weight is 509 g/mol. The number of rotatable bonds is 5. The first-order valence-electron chi connectivity index (χ1n) is 12.2. The molecule has 10 nitrogen and oxygen atoms in total. The van der Waals surface area contributed by atoms with Gasteiger partial charge in [-0.15, -0.1) is 10.2 Å². The maximum absolute atomic E-state index is 11.9. The predicted octanol–water partition coefficient (Wildman–Crippen LogP) is 3.52. The van der Waals surface area contributed by atoms with Crippen molar-refractivity contribution < 1.29 is 9.53 Å². The SMILES string of the molecule is CCNC(=O)Nc1ccc(-c2nc3c(c(N4CCOCC4C)n2)CCN(c2ccc(Cl)nn2)C3)cc1. The van der Waals surface area contributed by atoms with Crippen LogP contribution in [0.3, 0.4) is 0 Å². The van der Waals surface area contributed by atoms with E-state index in [1.165, 1.54) is 5.56 Å². The number of ether oxygens (including phenoxy) is 1. The van der Waals surface area contributed by atoms with Crippen molar-refractivity contribution in [2.24, 2.45) is 0 Å². The second-order valence-corrected chi connectivity index (χ2v) is 9.25. The summed E-state index contributed by atoms with van der Waals surface area (Å²) in [4.78, 5) is 26.4. The van der Waals surface area contributed by atoms with E-state index in [1.807, 2.05) is 37.3 Å². The fraction of sp³-hybridized carbons (Fsp3) is 0.400. The number of hydrogen-bond acceptors (Lipinski definition) is 8. The number of urea groups is 1. The second-order valence-electron chi connectivity index (χ2n) is 8.86. The van der Waals surface area contributed by atoms with E-state index in [0.29, 0.717) is 43.0 Å². The first-order chi connectivity index (χ1) is 17.5. The van der Waals surface area contributed by atoms with Gasteiger partial charge in [0.15, 0.2) is 16.8 Å². The Hall–Kier alpha value is -3.50. The Labute approximate surface area is 215 Å². The molecule has 0 bridgehead atoms. The minimum absolute atomic E-state index is 0.217. The molecule has 1 unspecified atom stereocenters. The number of amides is 2. The van der Waals surface area contributed by atoms with Crippen molar-refractivity contribution in [1.29, 1.82) is 0 Å². The van der Waals surface area contributed by atoms with Gasteiger partial charge in [0.1, 0.15) is 5.82 Å². The maximum Gasteiger partial charge on any atom is 0.319 e. The number of anilines is 3. The van der Waals surface area contributed by atoms with E-state index in [4.69, 9.17) is 26.3 Å². The zero-order valence-corrected chi connectivity index (χ0v) is 21.1. The Morgan fingerprint density at radius 2 is 1.97 bits per heavy atom. The molecule has 1 aromatic carbocycles. The third kappa shape index (κ3) is 5.19. The van der Waals surface area contributed by atoms with Gasteiger partial charge in [-0.3, -0.25) is 0 Å². The van der Waals surface area contributed by atoms with Crippen molar-refractivity contribution in [2.75, 3.05) is 48.0 Å². The van der Waals surface area contributed by atoms with E-state index in [1.54, 1.807) is 6.07 Å². The summed E-state index contributed by atoms with van der Waals surface area (Å²) >= 11 is 5.94. The molecular formula is C25H29ClN8O2. The lowest BCUT2D eigenvalue weighted by molar-refractivity contribution is 0.0984. The summed E-state index contributed by atoms with van der Waals surface area (Å²) < 4.78 is 5.68. The maximum atomic E-state index is 11.9. The van der Waals surface area contributed by atoms with Gasteiger partial charge in [0.25, 0.3) is 0 Å². The first-order valence-corrected chi connectivity index (χ1v) is 12.5. The smallest absolute Gasteiger partial charge is 0.319 e. The van der Waals surface area contributed by atoms with E-state index >= 15 is 0 Å². The number of aromatic nitrogens is 4. The van der Waals surface area contributed by atoms with Crippen LogP contribution in [0.1, 0.15) is 25.1 Å². The molecule has 188 valence electrons. The molecule has 5 rings (SSSR count). The summed E-state index contributed by atoms with van der Waals surface area (Å²) in [6.45, 7) is 8.12. The van der Waals surface area contributed by atoms with Crippen LogP contribution >= 0.6 is 11.6 Å². The van der Waals surface area contributed by atoms with Crippen LogP contribution in [0.15, 0.2) is 36.4 Å². The van der Waals surface area contributed by atoms with Crippen LogP contribution in [-0.2, 0) is 17.7 Å². The highest BCUT2D eigenvalue weighted by atomic mass is 35.5. The first kappa shape index (κ1) is 24.2. The fourth-order valence-corrected chi connectivity index (χ4v) is 4.63. The third-order valence-corrected chi connectivity index (χ3v) is 6.56. The largest absolute Gasteiger partial charge is 0.377 e. The second kappa shape index (κ2) is 10.6. The van der Waals surface area contributed by atoms with E-state index in [2.05, 4.69) is 37.6 Å². The van der Waals surface area contributed by atoms with Gasteiger partial charge < -0.3 is 25.2 Å². The van der Waals surface area contributed by atoms with Gasteiger partial charge in [0, 0.05) is 36.4 Å². The summed E-state index contributed by atoms with van der Waals surface area (Å²) in [6, 6.07) is 11.2. The molecule has 2 amide bonds. The summed E-state index contributed by atoms with van der Waals surface area (Å²) in [5.41, 5.74) is 3.73. The molecule has 0 spiro atoms. The van der Waals surface area contributed by atoms with Crippen LogP contribution in [0, 0.1) is 0 Å². The lowest BCUT2D eigenvalue weighted by Gasteiger charge is -2.38. The van der Waals surface area contributed by atoms with E-state index in [9.17, 15) is 4.79 Å². The predicted molar refractivity (Wildman–Crippen MR) is 140 cm³/mol. The number of carbonyl (C=O) groups excluding carboxylic acids is 1. The fourth-order valence-electron chi connectivity index (χ4n) is 4.53. The number of benzene rings is 1. The van der Waals surface area contributed by atoms with Gasteiger partial charge >= 0.3 is 6.03 Å². The standard InChI is InChI=1S/C25H29ClN8O2/c1-3-27-25(35)28-18-6-4-17(5-7-18)23-29-20-14-33(22-9-8-21(26)31-32-22)11-10-19(20)24(30-23)34-12-13-36-15-16(34)2/h4-9,16H,3,10-15H2,1-2H3,(H2,27,28,35). The molecule has 1 fully saturated rings. The molecule has 36 heavy (non-hydrogen) atoms. The summed E-state index contributed by atoms with van der Waals surface area (Å²) in [5.74, 6) is 2.39. The number of fused-ring (bicyclic) bond motifs is 1. The quantitative estimate of drug-likeness (QED) is 0.539. The van der Waals surface area contributed by atoms with Crippen molar-refractivity contribution in [3.05, 3.63) is 52.8 Å². The average Bonchev–Trinajstić information content (AvgIpc) is 2.89. The highest BCUT2D eigenvalue weighted by Crippen LogP contribution is 2.32. The number of morpholine rings is 1. The molecule has 1 saturated heterocycles. The van der Waals surface area contributed by atoms with Crippen LogP contribution in [0.5, 0.6) is 0 Å². The minimum Gasteiger partial charge on any atom is -0.377 e. The van der Waals surface area contributed by atoms with Crippen molar-refractivity contribution in [3.8, 4) is 11.4 Å². The minimum atomic E-state index is -0.232. The molecule has 0 radical (unpaired) electrons. The van der Waals surface area contributed by atoms with Gasteiger partial charge in [0.05, 0.1) is 31.5 Å². The van der Waals surface area contributed by atoms with Crippen LogP contribution in [0.4, 0.5) is 22.1 Å². The van der Waals surface area contributed by atoms with E-state index in [-0.39, 0.29) is 12.1 Å². The number of nitrogens with one attached hydrogen (secondary N) is 2. The molecule has 4 heterocycles.